The SMILES string of the molecule is COc1ccc(C=C2SC(=NCc3ccccc3)N(Cc3ccccc3)C2=O)cc1C(=O)O. The van der Waals surface area contributed by atoms with Gasteiger partial charge in [0.1, 0.15) is 11.3 Å². The van der Waals surface area contributed by atoms with E-state index in [4.69, 9.17) is 9.73 Å². The highest BCUT2D eigenvalue weighted by molar-refractivity contribution is 8.18. The minimum atomic E-state index is -1.09. The Bertz CT molecular complexity index is 1220. The van der Waals surface area contributed by atoms with Crippen LogP contribution in [0.2, 0.25) is 0 Å². The van der Waals surface area contributed by atoms with Crippen LogP contribution >= 0.6 is 11.8 Å². The molecule has 0 unspecified atom stereocenters. The molecular weight excluding hydrogens is 436 g/mol. The van der Waals surface area contributed by atoms with Crippen LogP contribution in [0.25, 0.3) is 6.08 Å². The molecule has 4 rings (SSSR count). The number of ether oxygens (including phenoxy) is 1. The molecule has 0 bridgehead atoms. The van der Waals surface area contributed by atoms with E-state index in [0.29, 0.717) is 28.7 Å². The van der Waals surface area contributed by atoms with Gasteiger partial charge in [0.25, 0.3) is 5.91 Å². The molecule has 0 aliphatic carbocycles. The lowest BCUT2D eigenvalue weighted by Crippen LogP contribution is -2.28. The van der Waals surface area contributed by atoms with Crippen LogP contribution in [0, 0.1) is 0 Å². The van der Waals surface area contributed by atoms with E-state index in [0.717, 1.165) is 11.1 Å². The monoisotopic (exact) mass is 458 g/mol. The largest absolute Gasteiger partial charge is 0.496 e. The fraction of sp³-hybridized carbons (Fsp3) is 0.115. The van der Waals surface area contributed by atoms with Gasteiger partial charge in [-0.2, -0.15) is 0 Å². The summed E-state index contributed by atoms with van der Waals surface area (Å²) in [5.74, 6) is -0.984. The van der Waals surface area contributed by atoms with Gasteiger partial charge in [0, 0.05) is 0 Å². The van der Waals surface area contributed by atoms with Crippen LogP contribution in [0.4, 0.5) is 0 Å². The van der Waals surface area contributed by atoms with Crippen LogP contribution in [-0.4, -0.2) is 34.2 Å². The van der Waals surface area contributed by atoms with Gasteiger partial charge < -0.3 is 9.84 Å². The molecule has 1 N–H and O–H groups in total. The predicted molar refractivity (Wildman–Crippen MR) is 130 cm³/mol. The van der Waals surface area contributed by atoms with Gasteiger partial charge in [-0.25, -0.2) is 4.79 Å². The van der Waals surface area contributed by atoms with Crippen molar-refractivity contribution in [3.05, 3.63) is 106 Å². The van der Waals surface area contributed by atoms with E-state index >= 15 is 0 Å². The van der Waals surface area contributed by atoms with Crippen LogP contribution in [0.1, 0.15) is 27.0 Å². The first-order valence-corrected chi connectivity index (χ1v) is 11.1. The summed E-state index contributed by atoms with van der Waals surface area (Å²) in [7, 11) is 1.42. The summed E-state index contributed by atoms with van der Waals surface area (Å²) in [6, 6.07) is 24.4. The smallest absolute Gasteiger partial charge is 0.339 e. The molecule has 0 atom stereocenters. The van der Waals surface area contributed by atoms with Gasteiger partial charge in [-0.1, -0.05) is 66.7 Å². The zero-order valence-electron chi connectivity index (χ0n) is 18.0. The van der Waals surface area contributed by atoms with Crippen LogP contribution in [0.3, 0.4) is 0 Å². The summed E-state index contributed by atoms with van der Waals surface area (Å²) in [6.07, 6.45) is 1.70. The molecule has 0 spiro atoms. The maximum atomic E-state index is 13.3. The van der Waals surface area contributed by atoms with E-state index in [-0.39, 0.29) is 17.2 Å². The molecule has 1 aliphatic rings. The van der Waals surface area contributed by atoms with Crippen molar-refractivity contribution in [1.82, 2.24) is 4.90 Å². The molecule has 0 radical (unpaired) electrons. The summed E-state index contributed by atoms with van der Waals surface area (Å²) < 4.78 is 5.13. The number of hydrogen-bond acceptors (Lipinski definition) is 5. The Morgan fingerprint density at radius 1 is 1.03 bits per heavy atom. The number of nitrogens with zero attached hydrogens (tertiary/aromatic N) is 2. The number of amides is 1. The second-order valence-corrected chi connectivity index (χ2v) is 8.35. The number of carbonyl (C=O) groups excluding carboxylic acids is 1. The third-order valence-corrected chi connectivity index (χ3v) is 6.11. The minimum absolute atomic E-state index is 0.0430. The highest BCUT2D eigenvalue weighted by atomic mass is 32.2. The highest BCUT2D eigenvalue weighted by Crippen LogP contribution is 2.34. The fourth-order valence-electron chi connectivity index (χ4n) is 3.41. The van der Waals surface area contributed by atoms with Crippen molar-refractivity contribution in [2.45, 2.75) is 13.1 Å². The summed E-state index contributed by atoms with van der Waals surface area (Å²) in [5.41, 5.74) is 2.70. The highest BCUT2D eigenvalue weighted by Gasteiger charge is 2.33. The number of carboxylic acid groups (broad SMARTS) is 1. The summed E-state index contributed by atoms with van der Waals surface area (Å²) in [4.78, 5) is 31.7. The quantitative estimate of drug-likeness (QED) is 0.500. The Kier molecular flexibility index (Phi) is 6.90. The number of thioether (sulfide) groups is 1. The normalized spacial score (nSPS) is 15.9. The first-order valence-electron chi connectivity index (χ1n) is 10.3. The molecule has 7 heteroatoms. The minimum Gasteiger partial charge on any atom is -0.496 e. The molecular formula is C26H22N2O4S. The average Bonchev–Trinajstić information content (AvgIpc) is 3.13. The van der Waals surface area contributed by atoms with Crippen LogP contribution in [0.5, 0.6) is 5.75 Å². The first-order chi connectivity index (χ1) is 16.0. The molecule has 1 fully saturated rings. The topological polar surface area (TPSA) is 79.2 Å². The lowest BCUT2D eigenvalue weighted by Gasteiger charge is -2.15. The van der Waals surface area contributed by atoms with Crippen molar-refractivity contribution in [3.63, 3.8) is 0 Å². The number of aliphatic imine (C=N–C) groups is 1. The fourth-order valence-corrected chi connectivity index (χ4v) is 4.38. The Labute approximate surface area is 196 Å². The summed E-state index contributed by atoms with van der Waals surface area (Å²) in [5, 5.41) is 10.1. The zero-order valence-corrected chi connectivity index (χ0v) is 18.8. The maximum Gasteiger partial charge on any atom is 0.339 e. The Balaban J connectivity index is 1.66. The molecule has 3 aromatic carbocycles. The van der Waals surface area contributed by atoms with Gasteiger partial charge in [-0.15, -0.1) is 0 Å². The Hall–Kier alpha value is -3.84. The second kappa shape index (κ2) is 10.2. The standard InChI is InChI=1S/C26H22N2O4S/c1-32-22-13-12-20(14-21(22)25(30)31)15-23-24(29)28(17-19-10-6-3-7-11-19)26(33-23)27-16-18-8-4-2-5-9-18/h2-15H,16-17H2,1H3,(H,30,31). The molecule has 6 nitrogen and oxygen atoms in total. The van der Waals surface area contributed by atoms with Crippen molar-refractivity contribution < 1.29 is 19.4 Å². The summed E-state index contributed by atoms with van der Waals surface area (Å²) in [6.45, 7) is 0.862. The van der Waals surface area contributed by atoms with Crippen molar-refractivity contribution in [3.8, 4) is 5.75 Å². The van der Waals surface area contributed by atoms with Crippen LogP contribution in [0.15, 0.2) is 88.8 Å². The number of carboxylic acids is 1. The molecule has 166 valence electrons. The Morgan fingerprint density at radius 3 is 2.33 bits per heavy atom. The second-order valence-electron chi connectivity index (χ2n) is 7.34. The lowest BCUT2D eigenvalue weighted by molar-refractivity contribution is -0.122. The molecule has 33 heavy (non-hydrogen) atoms. The third-order valence-electron chi connectivity index (χ3n) is 5.06. The number of methoxy groups -OCH3 is 1. The van der Waals surface area contributed by atoms with Crippen molar-refractivity contribution >= 4 is 34.9 Å². The zero-order chi connectivity index (χ0) is 23.2. The van der Waals surface area contributed by atoms with E-state index in [1.54, 1.807) is 23.1 Å². The molecule has 1 amide bonds. The van der Waals surface area contributed by atoms with Crippen molar-refractivity contribution in [1.29, 1.82) is 0 Å². The van der Waals surface area contributed by atoms with Gasteiger partial charge in [-0.05, 0) is 46.7 Å². The maximum absolute atomic E-state index is 13.3. The van der Waals surface area contributed by atoms with Crippen LogP contribution in [-0.2, 0) is 17.9 Å². The van der Waals surface area contributed by atoms with E-state index in [9.17, 15) is 14.7 Å². The number of benzene rings is 3. The van der Waals surface area contributed by atoms with Crippen molar-refractivity contribution in [2.24, 2.45) is 4.99 Å². The van der Waals surface area contributed by atoms with Gasteiger partial charge in [-0.3, -0.25) is 14.7 Å². The van der Waals surface area contributed by atoms with E-state index in [1.165, 1.54) is 24.9 Å². The van der Waals surface area contributed by atoms with Gasteiger partial charge >= 0.3 is 5.97 Å². The van der Waals surface area contributed by atoms with Crippen LogP contribution < -0.4 is 4.74 Å². The molecule has 1 saturated heterocycles. The van der Waals surface area contributed by atoms with Gasteiger partial charge in [0.2, 0.25) is 0 Å². The van der Waals surface area contributed by atoms with E-state index in [1.807, 2.05) is 60.7 Å². The number of carbonyl (C=O) groups is 2. The number of amidine groups is 1. The third kappa shape index (κ3) is 5.32. The lowest BCUT2D eigenvalue weighted by atomic mass is 10.1. The van der Waals surface area contributed by atoms with Gasteiger partial charge in [0.05, 0.1) is 25.1 Å². The predicted octanol–water partition coefficient (Wildman–Crippen LogP) is 5.07. The Morgan fingerprint density at radius 2 is 1.70 bits per heavy atom. The molecule has 3 aromatic rings. The molecule has 1 aliphatic heterocycles. The first kappa shape index (κ1) is 22.4. The number of aromatic carboxylic acids is 1. The molecule has 0 aromatic heterocycles. The molecule has 1 heterocycles. The average molecular weight is 459 g/mol. The van der Waals surface area contributed by atoms with E-state index < -0.39 is 5.97 Å². The van der Waals surface area contributed by atoms with Gasteiger partial charge in [0.15, 0.2) is 5.17 Å². The summed E-state index contributed by atoms with van der Waals surface area (Å²) >= 11 is 1.29. The number of rotatable bonds is 7. The van der Waals surface area contributed by atoms with E-state index in [2.05, 4.69) is 0 Å². The molecule has 0 saturated carbocycles. The number of hydrogen-bond donors (Lipinski definition) is 1. The van der Waals surface area contributed by atoms with Crippen molar-refractivity contribution in [2.75, 3.05) is 7.11 Å².